The Labute approximate surface area is 115 Å². The van der Waals surface area contributed by atoms with Crippen LogP contribution in [0.25, 0.3) is 5.69 Å². The summed E-state index contributed by atoms with van der Waals surface area (Å²) < 4.78 is 1.45. The quantitative estimate of drug-likeness (QED) is 0.683. The molecule has 3 rings (SSSR count). The number of H-pyrrole nitrogens is 1. The van der Waals surface area contributed by atoms with Crippen molar-refractivity contribution in [3.8, 4) is 11.4 Å². The molecule has 1 aromatic heterocycles. The fourth-order valence-electron chi connectivity index (χ4n) is 1.97. The Balaban J connectivity index is 1.92. The fourth-order valence-corrected chi connectivity index (χ4v) is 1.97. The SMILES string of the molecule is O=c1cc(Nc2cccc(O)c2)[nH]n1-c1ccccc1. The van der Waals surface area contributed by atoms with Crippen LogP contribution in [0.15, 0.2) is 65.5 Å². The van der Waals surface area contributed by atoms with Crippen molar-refractivity contribution in [2.45, 2.75) is 0 Å². The Kier molecular flexibility index (Phi) is 3.01. The van der Waals surface area contributed by atoms with Gasteiger partial charge in [-0.15, -0.1) is 0 Å². The van der Waals surface area contributed by atoms with Crippen LogP contribution in [0.4, 0.5) is 11.5 Å². The van der Waals surface area contributed by atoms with Crippen molar-refractivity contribution in [3.63, 3.8) is 0 Å². The number of phenols is 1. The van der Waals surface area contributed by atoms with Crippen molar-refractivity contribution in [2.24, 2.45) is 0 Å². The number of anilines is 2. The minimum Gasteiger partial charge on any atom is -0.508 e. The van der Waals surface area contributed by atoms with Gasteiger partial charge in [-0.1, -0.05) is 24.3 Å². The Hall–Kier alpha value is -2.95. The molecule has 0 aliphatic rings. The highest BCUT2D eigenvalue weighted by molar-refractivity contribution is 5.57. The molecule has 0 amide bonds. The van der Waals surface area contributed by atoms with Crippen molar-refractivity contribution < 1.29 is 5.11 Å². The van der Waals surface area contributed by atoms with Crippen LogP contribution in [-0.4, -0.2) is 14.9 Å². The van der Waals surface area contributed by atoms with Gasteiger partial charge in [0.05, 0.1) is 5.69 Å². The van der Waals surface area contributed by atoms with E-state index in [9.17, 15) is 9.90 Å². The Bertz CT molecular complexity index is 775. The highest BCUT2D eigenvalue weighted by Gasteiger charge is 2.05. The number of hydrogen-bond acceptors (Lipinski definition) is 3. The smallest absolute Gasteiger partial charge is 0.273 e. The number of para-hydroxylation sites is 1. The van der Waals surface area contributed by atoms with Gasteiger partial charge in [-0.25, -0.2) is 4.68 Å². The average Bonchev–Trinajstić information content (AvgIpc) is 2.80. The fraction of sp³-hybridized carbons (Fsp3) is 0. The van der Waals surface area contributed by atoms with Gasteiger partial charge in [0.1, 0.15) is 11.6 Å². The van der Waals surface area contributed by atoms with Crippen LogP contribution in [-0.2, 0) is 0 Å². The normalized spacial score (nSPS) is 10.4. The summed E-state index contributed by atoms with van der Waals surface area (Å²) in [6, 6.07) is 17.5. The van der Waals surface area contributed by atoms with E-state index < -0.39 is 0 Å². The molecular formula is C15H13N3O2. The maximum atomic E-state index is 11.9. The van der Waals surface area contributed by atoms with Gasteiger partial charge in [0, 0.05) is 17.8 Å². The third-order valence-corrected chi connectivity index (χ3v) is 2.86. The summed E-state index contributed by atoms with van der Waals surface area (Å²) in [6.07, 6.45) is 0. The molecule has 5 nitrogen and oxygen atoms in total. The highest BCUT2D eigenvalue weighted by Crippen LogP contribution is 2.18. The third kappa shape index (κ3) is 2.42. The van der Waals surface area contributed by atoms with Gasteiger partial charge in [-0.05, 0) is 24.3 Å². The second-order valence-corrected chi connectivity index (χ2v) is 4.35. The lowest BCUT2D eigenvalue weighted by molar-refractivity contribution is 0.475. The molecule has 0 unspecified atom stereocenters. The van der Waals surface area contributed by atoms with Crippen LogP contribution < -0.4 is 10.9 Å². The van der Waals surface area contributed by atoms with Crippen LogP contribution in [0.3, 0.4) is 0 Å². The zero-order chi connectivity index (χ0) is 13.9. The van der Waals surface area contributed by atoms with Crippen molar-refractivity contribution in [1.82, 2.24) is 9.78 Å². The summed E-state index contributed by atoms with van der Waals surface area (Å²) in [7, 11) is 0. The van der Waals surface area contributed by atoms with E-state index in [1.165, 1.54) is 10.7 Å². The molecule has 0 fully saturated rings. The highest BCUT2D eigenvalue weighted by atomic mass is 16.3. The van der Waals surface area contributed by atoms with Gasteiger partial charge in [0.2, 0.25) is 0 Å². The summed E-state index contributed by atoms with van der Waals surface area (Å²) >= 11 is 0. The lowest BCUT2D eigenvalue weighted by atomic mass is 10.3. The maximum absolute atomic E-state index is 11.9. The maximum Gasteiger partial charge on any atom is 0.273 e. The number of aromatic amines is 1. The Morgan fingerprint density at radius 1 is 1.00 bits per heavy atom. The van der Waals surface area contributed by atoms with Crippen molar-refractivity contribution >= 4 is 11.5 Å². The number of aromatic nitrogens is 2. The molecule has 20 heavy (non-hydrogen) atoms. The number of benzene rings is 2. The predicted molar refractivity (Wildman–Crippen MR) is 77.8 cm³/mol. The van der Waals surface area contributed by atoms with E-state index in [0.29, 0.717) is 11.5 Å². The number of hydrogen-bond donors (Lipinski definition) is 3. The van der Waals surface area contributed by atoms with Gasteiger partial charge in [-0.3, -0.25) is 9.89 Å². The summed E-state index contributed by atoms with van der Waals surface area (Å²) in [5, 5.41) is 15.4. The molecule has 0 aliphatic heterocycles. The molecule has 3 N–H and O–H groups in total. The van der Waals surface area contributed by atoms with E-state index >= 15 is 0 Å². The van der Waals surface area contributed by atoms with E-state index in [4.69, 9.17) is 0 Å². The number of rotatable bonds is 3. The molecule has 0 radical (unpaired) electrons. The van der Waals surface area contributed by atoms with Crippen LogP contribution in [0, 0.1) is 0 Å². The first-order valence-corrected chi connectivity index (χ1v) is 6.16. The van der Waals surface area contributed by atoms with Crippen molar-refractivity contribution in [2.75, 3.05) is 5.32 Å². The van der Waals surface area contributed by atoms with Gasteiger partial charge < -0.3 is 10.4 Å². The lowest BCUT2D eigenvalue weighted by Gasteiger charge is -2.04. The monoisotopic (exact) mass is 267 g/mol. The van der Waals surface area contributed by atoms with Crippen molar-refractivity contribution in [1.29, 1.82) is 0 Å². The minimum atomic E-state index is -0.154. The molecule has 0 atom stereocenters. The number of nitrogens with one attached hydrogen (secondary N) is 2. The Morgan fingerprint density at radius 2 is 1.80 bits per heavy atom. The number of phenolic OH excluding ortho intramolecular Hbond substituents is 1. The van der Waals surface area contributed by atoms with Gasteiger partial charge in [0.25, 0.3) is 5.56 Å². The third-order valence-electron chi connectivity index (χ3n) is 2.86. The second-order valence-electron chi connectivity index (χ2n) is 4.35. The van der Waals surface area contributed by atoms with E-state index in [1.807, 2.05) is 30.3 Å². The largest absolute Gasteiger partial charge is 0.508 e. The molecule has 100 valence electrons. The summed E-state index contributed by atoms with van der Waals surface area (Å²) in [4.78, 5) is 11.9. The minimum absolute atomic E-state index is 0.154. The summed E-state index contributed by atoms with van der Waals surface area (Å²) in [6.45, 7) is 0. The second kappa shape index (κ2) is 4.97. The number of nitrogens with zero attached hydrogens (tertiary/aromatic N) is 1. The number of aromatic hydroxyl groups is 1. The topological polar surface area (TPSA) is 70.1 Å². The zero-order valence-corrected chi connectivity index (χ0v) is 10.6. The predicted octanol–water partition coefficient (Wildman–Crippen LogP) is 2.61. The first-order valence-electron chi connectivity index (χ1n) is 6.16. The molecule has 0 saturated carbocycles. The first kappa shape index (κ1) is 12.1. The molecule has 1 heterocycles. The van der Waals surface area contributed by atoms with Crippen molar-refractivity contribution in [3.05, 3.63) is 71.0 Å². The molecule has 0 saturated heterocycles. The van der Waals surface area contributed by atoms with E-state index in [-0.39, 0.29) is 11.3 Å². The van der Waals surface area contributed by atoms with Gasteiger partial charge >= 0.3 is 0 Å². The molecule has 0 aliphatic carbocycles. The van der Waals surface area contributed by atoms with E-state index in [2.05, 4.69) is 10.4 Å². The first-order chi connectivity index (χ1) is 9.72. The van der Waals surface area contributed by atoms with Crippen LogP contribution in [0.5, 0.6) is 5.75 Å². The van der Waals surface area contributed by atoms with E-state index in [0.717, 1.165) is 5.69 Å². The molecule has 3 aromatic rings. The molecular weight excluding hydrogens is 254 g/mol. The molecule has 0 bridgehead atoms. The van der Waals surface area contributed by atoms with Crippen LogP contribution >= 0.6 is 0 Å². The molecule has 0 spiro atoms. The lowest BCUT2D eigenvalue weighted by Crippen LogP contribution is -2.12. The Morgan fingerprint density at radius 3 is 2.55 bits per heavy atom. The summed E-state index contributed by atoms with van der Waals surface area (Å²) in [5.41, 5.74) is 1.31. The van der Waals surface area contributed by atoms with Crippen LogP contribution in [0.1, 0.15) is 0 Å². The summed E-state index contributed by atoms with van der Waals surface area (Å²) in [5.74, 6) is 0.726. The zero-order valence-electron chi connectivity index (χ0n) is 10.6. The van der Waals surface area contributed by atoms with E-state index in [1.54, 1.807) is 24.3 Å². The molecule has 5 heteroatoms. The van der Waals surface area contributed by atoms with Crippen LogP contribution in [0.2, 0.25) is 0 Å². The van der Waals surface area contributed by atoms with Gasteiger partial charge in [0.15, 0.2) is 0 Å². The average molecular weight is 267 g/mol. The molecule has 2 aromatic carbocycles. The standard InChI is InChI=1S/C15H13N3O2/c19-13-8-4-5-11(9-13)16-14-10-15(20)18(17-14)12-6-2-1-3-7-12/h1-10,16-17,19H. The van der Waals surface area contributed by atoms with Gasteiger partial charge in [-0.2, -0.15) is 0 Å².